The Bertz CT molecular complexity index is 357. The monoisotopic (exact) mass is 238 g/mol. The highest BCUT2D eigenvalue weighted by atomic mass is 16.5. The van der Waals surface area contributed by atoms with Crippen LogP contribution in [0.2, 0.25) is 0 Å². The van der Waals surface area contributed by atoms with E-state index >= 15 is 0 Å². The highest BCUT2D eigenvalue weighted by Gasteiger charge is 2.02. The number of aromatic nitrogens is 2. The number of nitrogen functional groups attached to an aromatic ring is 1. The van der Waals surface area contributed by atoms with Crippen LogP contribution in [0, 0.1) is 5.41 Å². The summed E-state index contributed by atoms with van der Waals surface area (Å²) in [5, 5.41) is 7.23. The number of rotatable bonds is 8. The Morgan fingerprint density at radius 2 is 2.24 bits per heavy atom. The smallest absolute Gasteiger partial charge is 0.317 e. The standard InChI is InChI=1S/C11H18N4O2/c1-2-3-6-16-7-8-17-11-14-5-4-9(15-11)10(12)13/h4-5H,2-3,6-8H2,1H3,(H3,12,13). The molecule has 0 aliphatic rings. The number of nitrogens with two attached hydrogens (primary N) is 1. The lowest BCUT2D eigenvalue weighted by Gasteiger charge is -2.05. The van der Waals surface area contributed by atoms with Gasteiger partial charge in [0.25, 0.3) is 0 Å². The molecule has 0 aromatic carbocycles. The van der Waals surface area contributed by atoms with Crippen LogP contribution in [0.25, 0.3) is 0 Å². The summed E-state index contributed by atoms with van der Waals surface area (Å²) in [5.41, 5.74) is 5.67. The molecule has 1 aromatic rings. The molecule has 17 heavy (non-hydrogen) atoms. The molecule has 0 spiro atoms. The first kappa shape index (κ1) is 13.4. The molecule has 0 fully saturated rings. The van der Waals surface area contributed by atoms with Crippen LogP contribution in [0.15, 0.2) is 12.3 Å². The van der Waals surface area contributed by atoms with E-state index in [0.717, 1.165) is 19.4 Å². The molecule has 6 heteroatoms. The van der Waals surface area contributed by atoms with Gasteiger partial charge in [-0.1, -0.05) is 13.3 Å². The Morgan fingerprint density at radius 1 is 1.41 bits per heavy atom. The molecule has 1 heterocycles. The molecule has 0 saturated heterocycles. The SMILES string of the molecule is CCCCOCCOc1nccc(C(=N)N)n1. The third-order valence-corrected chi connectivity index (χ3v) is 2.01. The van der Waals surface area contributed by atoms with Gasteiger partial charge in [0.05, 0.1) is 6.61 Å². The fraction of sp³-hybridized carbons (Fsp3) is 0.545. The summed E-state index contributed by atoms with van der Waals surface area (Å²) >= 11 is 0. The van der Waals surface area contributed by atoms with Crippen LogP contribution in [0.3, 0.4) is 0 Å². The maximum absolute atomic E-state index is 7.23. The molecule has 0 radical (unpaired) electrons. The zero-order chi connectivity index (χ0) is 12.5. The van der Waals surface area contributed by atoms with Crippen molar-refractivity contribution in [3.05, 3.63) is 18.0 Å². The highest BCUT2D eigenvalue weighted by Crippen LogP contribution is 2.02. The van der Waals surface area contributed by atoms with Gasteiger partial charge in [0.15, 0.2) is 0 Å². The van der Waals surface area contributed by atoms with Gasteiger partial charge in [-0.3, -0.25) is 5.41 Å². The van der Waals surface area contributed by atoms with Gasteiger partial charge in [0.1, 0.15) is 18.1 Å². The van der Waals surface area contributed by atoms with E-state index in [1.807, 2.05) is 0 Å². The summed E-state index contributed by atoms with van der Waals surface area (Å²) in [6.45, 7) is 3.76. The summed E-state index contributed by atoms with van der Waals surface area (Å²) in [4.78, 5) is 7.88. The van der Waals surface area contributed by atoms with Crippen molar-refractivity contribution < 1.29 is 9.47 Å². The number of hydrogen-bond acceptors (Lipinski definition) is 5. The molecular formula is C11H18N4O2. The van der Waals surface area contributed by atoms with Crippen LogP contribution in [-0.2, 0) is 4.74 Å². The molecule has 0 aliphatic carbocycles. The molecular weight excluding hydrogens is 220 g/mol. The van der Waals surface area contributed by atoms with Gasteiger partial charge in [-0.2, -0.15) is 4.98 Å². The van der Waals surface area contributed by atoms with Gasteiger partial charge in [-0.15, -0.1) is 0 Å². The van der Waals surface area contributed by atoms with E-state index in [1.165, 1.54) is 6.20 Å². The summed E-state index contributed by atoms with van der Waals surface area (Å²) in [6, 6.07) is 1.78. The second-order valence-corrected chi connectivity index (χ2v) is 3.45. The molecule has 0 aliphatic heterocycles. The Hall–Kier alpha value is -1.69. The van der Waals surface area contributed by atoms with Crippen LogP contribution in [-0.4, -0.2) is 35.6 Å². The second-order valence-electron chi connectivity index (χ2n) is 3.45. The van der Waals surface area contributed by atoms with E-state index in [0.29, 0.717) is 18.9 Å². The van der Waals surface area contributed by atoms with Crippen molar-refractivity contribution in [1.82, 2.24) is 9.97 Å². The van der Waals surface area contributed by atoms with Crippen molar-refractivity contribution in [3.63, 3.8) is 0 Å². The Morgan fingerprint density at radius 3 is 2.94 bits per heavy atom. The van der Waals surface area contributed by atoms with Crippen molar-refractivity contribution in [2.45, 2.75) is 19.8 Å². The zero-order valence-corrected chi connectivity index (χ0v) is 9.98. The molecule has 0 saturated carbocycles. The summed E-state index contributed by atoms with van der Waals surface area (Å²) in [6.07, 6.45) is 3.68. The first-order chi connectivity index (χ1) is 8.24. The van der Waals surface area contributed by atoms with Gasteiger partial charge in [-0.25, -0.2) is 4.98 Å². The van der Waals surface area contributed by atoms with E-state index in [4.69, 9.17) is 20.6 Å². The predicted octanol–water partition coefficient (Wildman–Crippen LogP) is 0.956. The minimum absolute atomic E-state index is 0.101. The molecule has 0 amide bonds. The average Bonchev–Trinajstić information content (AvgIpc) is 2.34. The van der Waals surface area contributed by atoms with E-state index in [-0.39, 0.29) is 11.8 Å². The number of amidine groups is 1. The van der Waals surface area contributed by atoms with Crippen molar-refractivity contribution in [3.8, 4) is 6.01 Å². The van der Waals surface area contributed by atoms with Gasteiger partial charge in [0.2, 0.25) is 0 Å². The largest absolute Gasteiger partial charge is 0.461 e. The van der Waals surface area contributed by atoms with E-state index in [1.54, 1.807) is 6.07 Å². The zero-order valence-electron chi connectivity index (χ0n) is 9.98. The third kappa shape index (κ3) is 5.26. The van der Waals surface area contributed by atoms with Crippen molar-refractivity contribution in [2.75, 3.05) is 19.8 Å². The number of ether oxygens (including phenoxy) is 2. The fourth-order valence-electron chi connectivity index (χ4n) is 1.10. The van der Waals surface area contributed by atoms with Gasteiger partial charge < -0.3 is 15.2 Å². The maximum atomic E-state index is 7.23. The van der Waals surface area contributed by atoms with E-state index in [2.05, 4.69) is 16.9 Å². The van der Waals surface area contributed by atoms with Crippen LogP contribution < -0.4 is 10.5 Å². The van der Waals surface area contributed by atoms with Crippen molar-refractivity contribution in [1.29, 1.82) is 5.41 Å². The van der Waals surface area contributed by atoms with Crippen LogP contribution >= 0.6 is 0 Å². The molecule has 3 N–H and O–H groups in total. The fourth-order valence-corrected chi connectivity index (χ4v) is 1.10. The lowest BCUT2D eigenvalue weighted by Crippen LogP contribution is -2.15. The van der Waals surface area contributed by atoms with Crippen molar-refractivity contribution >= 4 is 5.84 Å². The first-order valence-corrected chi connectivity index (χ1v) is 5.62. The van der Waals surface area contributed by atoms with Crippen LogP contribution in [0.4, 0.5) is 0 Å². The van der Waals surface area contributed by atoms with Crippen LogP contribution in [0.5, 0.6) is 6.01 Å². The first-order valence-electron chi connectivity index (χ1n) is 5.62. The molecule has 1 aromatic heterocycles. The lowest BCUT2D eigenvalue weighted by molar-refractivity contribution is 0.0947. The number of hydrogen-bond donors (Lipinski definition) is 2. The normalized spacial score (nSPS) is 10.2. The topological polar surface area (TPSA) is 94.1 Å². The second kappa shape index (κ2) is 7.56. The third-order valence-electron chi connectivity index (χ3n) is 2.01. The summed E-state index contributed by atoms with van der Waals surface area (Å²) < 4.78 is 10.6. The Labute approximate surface area is 101 Å². The van der Waals surface area contributed by atoms with Gasteiger partial charge in [-0.05, 0) is 12.5 Å². The molecule has 0 bridgehead atoms. The van der Waals surface area contributed by atoms with Crippen LogP contribution in [0.1, 0.15) is 25.5 Å². The quantitative estimate of drug-likeness (QED) is 0.399. The van der Waals surface area contributed by atoms with E-state index < -0.39 is 0 Å². The minimum atomic E-state index is -0.101. The minimum Gasteiger partial charge on any atom is -0.461 e. The number of nitrogens with zero attached hydrogens (tertiary/aromatic N) is 2. The molecule has 0 atom stereocenters. The summed E-state index contributed by atoms with van der Waals surface area (Å²) in [5.74, 6) is -0.101. The molecule has 1 rings (SSSR count). The highest BCUT2D eigenvalue weighted by molar-refractivity contribution is 5.92. The van der Waals surface area contributed by atoms with E-state index in [9.17, 15) is 0 Å². The van der Waals surface area contributed by atoms with Crippen molar-refractivity contribution in [2.24, 2.45) is 5.73 Å². The van der Waals surface area contributed by atoms with Gasteiger partial charge in [0, 0.05) is 12.8 Å². The molecule has 6 nitrogen and oxygen atoms in total. The Balaban J connectivity index is 2.27. The number of unbranched alkanes of at least 4 members (excludes halogenated alkanes) is 1. The Kier molecular flexibility index (Phi) is 5.95. The summed E-state index contributed by atoms with van der Waals surface area (Å²) in [7, 11) is 0. The molecule has 94 valence electrons. The van der Waals surface area contributed by atoms with Gasteiger partial charge >= 0.3 is 6.01 Å². The average molecular weight is 238 g/mol. The maximum Gasteiger partial charge on any atom is 0.317 e. The predicted molar refractivity (Wildman–Crippen MR) is 64.3 cm³/mol. The molecule has 0 unspecified atom stereocenters. The number of nitrogens with one attached hydrogen (secondary N) is 1. The lowest BCUT2D eigenvalue weighted by atomic mass is 10.4.